The summed E-state index contributed by atoms with van der Waals surface area (Å²) < 4.78 is 0. The minimum absolute atomic E-state index is 0.121. The number of hydrogen-bond acceptors (Lipinski definition) is 5. The number of nitrogens with zero attached hydrogens (tertiary/aromatic N) is 4. The van der Waals surface area contributed by atoms with Crippen LogP contribution < -0.4 is 5.32 Å². The number of amides is 1. The van der Waals surface area contributed by atoms with E-state index < -0.39 is 0 Å². The summed E-state index contributed by atoms with van der Waals surface area (Å²) >= 11 is 0. The molecule has 0 spiro atoms. The van der Waals surface area contributed by atoms with Gasteiger partial charge in [0.05, 0.1) is 12.1 Å². The van der Waals surface area contributed by atoms with Crippen LogP contribution in [0.4, 0.5) is 5.69 Å². The zero-order chi connectivity index (χ0) is 13.0. The van der Waals surface area contributed by atoms with Crippen LogP contribution in [0.3, 0.4) is 0 Å². The molecule has 18 heavy (non-hydrogen) atoms. The molecule has 1 amide bonds. The number of rotatable bonds is 4. The fraction of sp³-hybridized carbons (Fsp3) is 0.273. The van der Waals surface area contributed by atoms with Gasteiger partial charge in [-0.1, -0.05) is 0 Å². The number of anilines is 1. The van der Waals surface area contributed by atoms with E-state index >= 15 is 0 Å². The van der Waals surface area contributed by atoms with Crippen molar-refractivity contribution in [3.63, 3.8) is 0 Å². The van der Waals surface area contributed by atoms with Crippen LogP contribution in [0.2, 0.25) is 0 Å². The first-order chi connectivity index (χ1) is 8.72. The second kappa shape index (κ2) is 5.26. The molecule has 0 bridgehead atoms. The van der Waals surface area contributed by atoms with Crippen molar-refractivity contribution in [2.75, 3.05) is 19.4 Å². The number of hydrogen-bond donors (Lipinski definition) is 2. The van der Waals surface area contributed by atoms with E-state index in [2.05, 4.69) is 25.5 Å². The summed E-state index contributed by atoms with van der Waals surface area (Å²) in [6.45, 7) is 0.372. The Morgan fingerprint density at radius 3 is 3.06 bits per heavy atom. The van der Waals surface area contributed by atoms with Gasteiger partial charge in [0.1, 0.15) is 12.2 Å². The van der Waals surface area contributed by atoms with Gasteiger partial charge in [-0.2, -0.15) is 5.10 Å². The number of aromatic nitrogens is 4. The third-order valence-electron chi connectivity index (χ3n) is 2.52. The molecule has 2 heterocycles. The van der Waals surface area contributed by atoms with E-state index in [1.54, 1.807) is 37.5 Å². The molecule has 2 aromatic rings. The average molecular weight is 246 g/mol. The molecule has 2 N–H and O–H groups in total. The molecular weight excluding hydrogens is 232 g/mol. The van der Waals surface area contributed by atoms with Crippen LogP contribution in [0.1, 0.15) is 16.2 Å². The van der Waals surface area contributed by atoms with Gasteiger partial charge in [0.25, 0.3) is 5.91 Å². The maximum atomic E-state index is 12.2. The lowest BCUT2D eigenvalue weighted by Crippen LogP contribution is -2.27. The Kier molecular flexibility index (Phi) is 3.52. The van der Waals surface area contributed by atoms with Gasteiger partial charge >= 0.3 is 0 Å². The van der Waals surface area contributed by atoms with Crippen molar-refractivity contribution < 1.29 is 4.79 Å². The van der Waals surface area contributed by atoms with Gasteiger partial charge in [-0.15, -0.1) is 0 Å². The maximum Gasteiger partial charge on any atom is 0.257 e. The molecule has 7 heteroatoms. The zero-order valence-corrected chi connectivity index (χ0v) is 10.2. The Balaban J connectivity index is 2.15. The molecule has 7 nitrogen and oxygen atoms in total. The lowest BCUT2D eigenvalue weighted by molar-refractivity contribution is 0.0782. The van der Waals surface area contributed by atoms with E-state index in [4.69, 9.17) is 0 Å². The fourth-order valence-corrected chi connectivity index (χ4v) is 1.59. The summed E-state index contributed by atoms with van der Waals surface area (Å²) in [6.07, 6.45) is 4.60. The van der Waals surface area contributed by atoms with Crippen molar-refractivity contribution >= 4 is 11.6 Å². The first kappa shape index (κ1) is 12.0. The SMILES string of the molecule is CNc1ccncc1C(=O)N(C)Cc1ncn[nH]1. The maximum absolute atomic E-state index is 12.2. The van der Waals surface area contributed by atoms with Gasteiger partial charge in [0, 0.05) is 32.2 Å². The summed E-state index contributed by atoms with van der Waals surface area (Å²) in [7, 11) is 3.47. The highest BCUT2D eigenvalue weighted by Gasteiger charge is 2.16. The summed E-state index contributed by atoms with van der Waals surface area (Å²) in [5.74, 6) is 0.518. The Morgan fingerprint density at radius 2 is 2.39 bits per heavy atom. The summed E-state index contributed by atoms with van der Waals surface area (Å²) in [6, 6.07) is 1.76. The van der Waals surface area contributed by atoms with E-state index in [1.165, 1.54) is 6.33 Å². The van der Waals surface area contributed by atoms with Gasteiger partial charge in [0.15, 0.2) is 0 Å². The number of nitrogens with one attached hydrogen (secondary N) is 2. The molecule has 0 aliphatic carbocycles. The summed E-state index contributed by atoms with van der Waals surface area (Å²) in [5, 5.41) is 9.43. The molecule has 2 aromatic heterocycles. The first-order valence-electron chi connectivity index (χ1n) is 5.44. The number of carbonyl (C=O) groups excluding carboxylic acids is 1. The highest BCUT2D eigenvalue weighted by Crippen LogP contribution is 2.15. The van der Waals surface area contributed by atoms with Crippen LogP contribution in [-0.2, 0) is 6.54 Å². The van der Waals surface area contributed by atoms with Crippen molar-refractivity contribution in [3.05, 3.63) is 36.2 Å². The lowest BCUT2D eigenvalue weighted by atomic mass is 10.2. The predicted octanol–water partition coefficient (Wildman–Crippen LogP) is 0.514. The molecular formula is C11H14N6O. The van der Waals surface area contributed by atoms with Gasteiger partial charge in [0.2, 0.25) is 0 Å². The second-order valence-electron chi connectivity index (χ2n) is 3.76. The molecule has 0 aliphatic heterocycles. The number of aromatic amines is 1. The van der Waals surface area contributed by atoms with E-state index in [9.17, 15) is 4.79 Å². The Bertz CT molecular complexity index is 524. The van der Waals surface area contributed by atoms with Crippen LogP contribution in [0, 0.1) is 0 Å². The van der Waals surface area contributed by atoms with Crippen molar-refractivity contribution in [3.8, 4) is 0 Å². The van der Waals surface area contributed by atoms with E-state index in [-0.39, 0.29) is 5.91 Å². The molecule has 0 atom stereocenters. The molecule has 0 radical (unpaired) electrons. The Morgan fingerprint density at radius 1 is 1.56 bits per heavy atom. The molecule has 94 valence electrons. The third-order valence-corrected chi connectivity index (χ3v) is 2.52. The minimum Gasteiger partial charge on any atom is -0.387 e. The standard InChI is InChI=1S/C11H14N6O/c1-12-9-3-4-13-5-8(9)11(18)17(2)6-10-14-7-15-16-10/h3-5,7H,6H2,1-2H3,(H,12,13)(H,14,15,16). The zero-order valence-electron chi connectivity index (χ0n) is 10.2. The quantitative estimate of drug-likeness (QED) is 0.821. The average Bonchev–Trinajstić information content (AvgIpc) is 2.90. The monoisotopic (exact) mass is 246 g/mol. The third kappa shape index (κ3) is 2.45. The van der Waals surface area contributed by atoms with Gasteiger partial charge in [-0.05, 0) is 6.07 Å². The smallest absolute Gasteiger partial charge is 0.257 e. The number of pyridine rings is 1. The highest BCUT2D eigenvalue weighted by atomic mass is 16.2. The van der Waals surface area contributed by atoms with Crippen LogP contribution >= 0.6 is 0 Å². The topological polar surface area (TPSA) is 86.8 Å². The van der Waals surface area contributed by atoms with E-state index in [0.717, 1.165) is 5.69 Å². The van der Waals surface area contributed by atoms with Gasteiger partial charge in [-0.3, -0.25) is 14.9 Å². The number of H-pyrrole nitrogens is 1. The summed E-state index contributed by atoms with van der Waals surface area (Å²) in [4.78, 5) is 21.7. The molecule has 0 saturated heterocycles. The molecule has 0 aliphatic rings. The van der Waals surface area contributed by atoms with E-state index in [0.29, 0.717) is 17.9 Å². The first-order valence-corrected chi connectivity index (χ1v) is 5.44. The second-order valence-corrected chi connectivity index (χ2v) is 3.76. The van der Waals surface area contributed by atoms with Crippen molar-refractivity contribution in [1.82, 2.24) is 25.1 Å². The van der Waals surface area contributed by atoms with Crippen molar-refractivity contribution in [1.29, 1.82) is 0 Å². The van der Waals surface area contributed by atoms with E-state index in [1.807, 2.05) is 0 Å². The number of carbonyl (C=O) groups is 1. The van der Waals surface area contributed by atoms with Gasteiger partial charge in [-0.25, -0.2) is 4.98 Å². The minimum atomic E-state index is -0.121. The highest BCUT2D eigenvalue weighted by molar-refractivity contribution is 5.99. The molecule has 0 saturated carbocycles. The van der Waals surface area contributed by atoms with Crippen molar-refractivity contribution in [2.45, 2.75) is 6.54 Å². The normalized spacial score (nSPS) is 10.1. The van der Waals surface area contributed by atoms with Crippen LogP contribution in [0.15, 0.2) is 24.8 Å². The largest absolute Gasteiger partial charge is 0.387 e. The molecule has 0 fully saturated rings. The molecule has 0 aromatic carbocycles. The summed E-state index contributed by atoms with van der Waals surface area (Å²) in [5.41, 5.74) is 1.28. The van der Waals surface area contributed by atoms with Gasteiger partial charge < -0.3 is 10.2 Å². The predicted molar refractivity (Wildman–Crippen MR) is 66.0 cm³/mol. The van der Waals surface area contributed by atoms with Crippen LogP contribution in [-0.4, -0.2) is 45.1 Å². The Labute approximate surface area is 104 Å². The fourth-order valence-electron chi connectivity index (χ4n) is 1.59. The van der Waals surface area contributed by atoms with Crippen molar-refractivity contribution in [2.24, 2.45) is 0 Å². The molecule has 0 unspecified atom stereocenters. The Hall–Kier alpha value is -2.44. The lowest BCUT2D eigenvalue weighted by Gasteiger charge is -2.17. The van der Waals surface area contributed by atoms with Crippen LogP contribution in [0.25, 0.3) is 0 Å². The molecule has 2 rings (SSSR count). The van der Waals surface area contributed by atoms with Crippen LogP contribution in [0.5, 0.6) is 0 Å².